The molecule has 18 heavy (non-hydrogen) atoms. The Morgan fingerprint density at radius 2 is 2.06 bits per heavy atom. The Kier molecular flexibility index (Phi) is 5.47. The zero-order valence-corrected chi connectivity index (χ0v) is 11.4. The fourth-order valence-corrected chi connectivity index (χ4v) is 1.87. The SMILES string of the molecule is O=C(CCBr)c1ccc(CCl)c(OC(F)(F)F)c1. The molecular formula is C11H9BrClF3O2. The average molecular weight is 346 g/mol. The van der Waals surface area contributed by atoms with Gasteiger partial charge < -0.3 is 4.74 Å². The van der Waals surface area contributed by atoms with Crippen molar-refractivity contribution < 1.29 is 22.7 Å². The van der Waals surface area contributed by atoms with Crippen LogP contribution in [0.25, 0.3) is 0 Å². The molecule has 7 heteroatoms. The maximum absolute atomic E-state index is 12.2. The van der Waals surface area contributed by atoms with Gasteiger partial charge in [-0.1, -0.05) is 28.1 Å². The first-order valence-electron chi connectivity index (χ1n) is 4.91. The molecule has 0 heterocycles. The Hall–Kier alpha value is -0.750. The van der Waals surface area contributed by atoms with E-state index in [9.17, 15) is 18.0 Å². The molecule has 0 fully saturated rings. The Morgan fingerprint density at radius 1 is 1.39 bits per heavy atom. The minimum atomic E-state index is -4.81. The van der Waals surface area contributed by atoms with E-state index in [2.05, 4.69) is 20.7 Å². The zero-order valence-electron chi connectivity index (χ0n) is 9.06. The van der Waals surface area contributed by atoms with E-state index in [0.29, 0.717) is 5.33 Å². The molecule has 0 unspecified atom stereocenters. The predicted octanol–water partition coefficient (Wildman–Crippen LogP) is 4.29. The number of ether oxygens (including phenoxy) is 1. The summed E-state index contributed by atoms with van der Waals surface area (Å²) in [4.78, 5) is 11.6. The van der Waals surface area contributed by atoms with Crippen molar-refractivity contribution in [3.63, 3.8) is 0 Å². The van der Waals surface area contributed by atoms with Gasteiger partial charge in [0.2, 0.25) is 0 Å². The summed E-state index contributed by atoms with van der Waals surface area (Å²) in [5, 5.41) is 0.443. The standard InChI is InChI=1S/C11H9BrClF3O2/c12-4-3-9(17)7-1-2-8(6-13)10(5-7)18-11(14,15)16/h1-2,5H,3-4,6H2. The fraction of sp³-hybridized carbons (Fsp3) is 0.364. The molecule has 0 amide bonds. The second kappa shape index (κ2) is 6.43. The second-order valence-electron chi connectivity index (χ2n) is 3.37. The third-order valence-electron chi connectivity index (χ3n) is 2.08. The van der Waals surface area contributed by atoms with Crippen LogP contribution in [0.1, 0.15) is 22.3 Å². The van der Waals surface area contributed by atoms with E-state index in [1.807, 2.05) is 0 Å². The lowest BCUT2D eigenvalue weighted by Crippen LogP contribution is -2.18. The van der Waals surface area contributed by atoms with Gasteiger partial charge in [0, 0.05) is 22.9 Å². The molecule has 1 aromatic carbocycles. The second-order valence-corrected chi connectivity index (χ2v) is 4.43. The predicted molar refractivity (Wildman–Crippen MR) is 65.4 cm³/mol. The molecule has 0 saturated carbocycles. The number of ketones is 1. The first kappa shape index (κ1) is 15.3. The summed E-state index contributed by atoms with van der Waals surface area (Å²) in [6, 6.07) is 3.86. The first-order valence-corrected chi connectivity index (χ1v) is 6.56. The molecule has 0 bridgehead atoms. The molecule has 0 aromatic heterocycles. The number of benzene rings is 1. The number of carbonyl (C=O) groups is 1. The van der Waals surface area contributed by atoms with Crippen LogP contribution in [0, 0.1) is 0 Å². The maximum Gasteiger partial charge on any atom is 0.573 e. The van der Waals surface area contributed by atoms with Crippen LogP contribution in [0.15, 0.2) is 18.2 Å². The van der Waals surface area contributed by atoms with Crippen LogP contribution in [-0.4, -0.2) is 17.5 Å². The van der Waals surface area contributed by atoms with Gasteiger partial charge in [-0.3, -0.25) is 4.79 Å². The van der Waals surface area contributed by atoms with Gasteiger partial charge >= 0.3 is 6.36 Å². The van der Waals surface area contributed by atoms with Crippen LogP contribution in [-0.2, 0) is 5.88 Å². The van der Waals surface area contributed by atoms with E-state index in [0.717, 1.165) is 6.07 Å². The van der Waals surface area contributed by atoms with Crippen LogP contribution < -0.4 is 4.74 Å². The zero-order chi connectivity index (χ0) is 13.8. The van der Waals surface area contributed by atoms with Crippen LogP contribution in [0.2, 0.25) is 0 Å². The van der Waals surface area contributed by atoms with E-state index in [1.54, 1.807) is 0 Å². The Morgan fingerprint density at radius 3 is 2.56 bits per heavy atom. The van der Waals surface area contributed by atoms with Gasteiger partial charge in [-0.25, -0.2) is 0 Å². The van der Waals surface area contributed by atoms with Gasteiger partial charge in [-0.15, -0.1) is 24.8 Å². The Balaban J connectivity index is 3.05. The molecule has 0 atom stereocenters. The minimum absolute atomic E-state index is 0.127. The Labute approximate surface area is 115 Å². The number of Topliss-reactive ketones (excluding diaryl/α,β-unsaturated/α-hetero) is 1. The molecule has 1 rings (SSSR count). The van der Waals surface area contributed by atoms with Crippen molar-refractivity contribution in [2.24, 2.45) is 0 Å². The van der Waals surface area contributed by atoms with Crippen molar-refractivity contribution in [2.45, 2.75) is 18.7 Å². The lowest BCUT2D eigenvalue weighted by molar-refractivity contribution is -0.274. The number of alkyl halides is 5. The van der Waals surface area contributed by atoms with E-state index in [1.165, 1.54) is 12.1 Å². The van der Waals surface area contributed by atoms with Crippen molar-refractivity contribution in [2.75, 3.05) is 5.33 Å². The molecule has 0 saturated heterocycles. The molecule has 2 nitrogen and oxygen atoms in total. The number of carbonyl (C=O) groups excluding carboxylic acids is 1. The average Bonchev–Trinajstić information content (AvgIpc) is 2.27. The molecule has 0 radical (unpaired) electrons. The van der Waals surface area contributed by atoms with E-state index < -0.39 is 12.1 Å². The summed E-state index contributed by atoms with van der Waals surface area (Å²) in [7, 11) is 0. The monoisotopic (exact) mass is 344 g/mol. The highest BCUT2D eigenvalue weighted by Crippen LogP contribution is 2.29. The summed E-state index contributed by atoms with van der Waals surface area (Å²) in [5.41, 5.74) is 0.354. The lowest BCUT2D eigenvalue weighted by Gasteiger charge is -2.13. The normalized spacial score (nSPS) is 11.4. The highest BCUT2D eigenvalue weighted by atomic mass is 79.9. The third-order valence-corrected chi connectivity index (χ3v) is 2.76. The van der Waals surface area contributed by atoms with E-state index in [-0.39, 0.29) is 29.2 Å². The summed E-state index contributed by atoms with van der Waals surface area (Å²) >= 11 is 8.60. The maximum atomic E-state index is 12.2. The molecule has 0 spiro atoms. The number of halogens is 5. The van der Waals surface area contributed by atoms with Gasteiger partial charge in [-0.2, -0.15) is 0 Å². The Bertz CT molecular complexity index is 435. The molecular weight excluding hydrogens is 336 g/mol. The number of hydrogen-bond donors (Lipinski definition) is 0. The highest BCUT2D eigenvalue weighted by Gasteiger charge is 2.32. The van der Waals surface area contributed by atoms with Crippen molar-refractivity contribution in [1.29, 1.82) is 0 Å². The first-order chi connectivity index (χ1) is 8.37. The van der Waals surface area contributed by atoms with E-state index in [4.69, 9.17) is 11.6 Å². The molecule has 1 aromatic rings. The molecule has 0 aliphatic heterocycles. The minimum Gasteiger partial charge on any atom is -0.405 e. The third kappa shape index (κ3) is 4.49. The van der Waals surface area contributed by atoms with Gasteiger partial charge in [-0.05, 0) is 6.07 Å². The quantitative estimate of drug-likeness (QED) is 0.588. The molecule has 0 aliphatic rings. The summed E-state index contributed by atoms with van der Waals surface area (Å²) < 4.78 is 40.4. The van der Waals surface area contributed by atoms with Crippen LogP contribution in [0.4, 0.5) is 13.2 Å². The van der Waals surface area contributed by atoms with Crippen LogP contribution in [0.3, 0.4) is 0 Å². The number of hydrogen-bond acceptors (Lipinski definition) is 2. The molecule has 0 aliphatic carbocycles. The fourth-order valence-electron chi connectivity index (χ4n) is 1.29. The van der Waals surface area contributed by atoms with Crippen molar-refractivity contribution >= 4 is 33.3 Å². The van der Waals surface area contributed by atoms with E-state index >= 15 is 0 Å². The van der Waals surface area contributed by atoms with Crippen LogP contribution >= 0.6 is 27.5 Å². The lowest BCUT2D eigenvalue weighted by atomic mass is 10.1. The summed E-state index contributed by atoms with van der Waals surface area (Å²) in [5.74, 6) is -0.823. The van der Waals surface area contributed by atoms with Crippen molar-refractivity contribution in [1.82, 2.24) is 0 Å². The van der Waals surface area contributed by atoms with Gasteiger partial charge in [0.25, 0.3) is 0 Å². The molecule has 0 N–H and O–H groups in total. The van der Waals surface area contributed by atoms with Crippen LogP contribution in [0.5, 0.6) is 5.75 Å². The summed E-state index contributed by atoms with van der Waals surface area (Å²) in [6.45, 7) is 0. The van der Waals surface area contributed by atoms with Gasteiger partial charge in [0.05, 0.1) is 5.88 Å². The van der Waals surface area contributed by atoms with Gasteiger partial charge in [0.1, 0.15) is 5.75 Å². The largest absolute Gasteiger partial charge is 0.573 e. The van der Waals surface area contributed by atoms with Crippen molar-refractivity contribution in [3.05, 3.63) is 29.3 Å². The smallest absolute Gasteiger partial charge is 0.405 e. The van der Waals surface area contributed by atoms with Crippen molar-refractivity contribution in [3.8, 4) is 5.75 Å². The topological polar surface area (TPSA) is 26.3 Å². The van der Waals surface area contributed by atoms with Gasteiger partial charge in [0.15, 0.2) is 5.78 Å². The number of rotatable bonds is 5. The molecule has 100 valence electrons. The highest BCUT2D eigenvalue weighted by molar-refractivity contribution is 9.09. The summed E-state index contributed by atoms with van der Waals surface area (Å²) in [6.07, 6.45) is -4.61.